The predicted molar refractivity (Wildman–Crippen MR) is 122 cm³/mol. The van der Waals surface area contributed by atoms with Gasteiger partial charge in [-0.05, 0) is 17.7 Å². The van der Waals surface area contributed by atoms with Gasteiger partial charge in [0.25, 0.3) is 11.6 Å². The fourth-order valence-corrected chi connectivity index (χ4v) is 4.12. The third-order valence-corrected chi connectivity index (χ3v) is 5.76. The van der Waals surface area contributed by atoms with E-state index >= 15 is 0 Å². The summed E-state index contributed by atoms with van der Waals surface area (Å²) in [7, 11) is 0. The van der Waals surface area contributed by atoms with E-state index in [0.717, 1.165) is 11.8 Å². The van der Waals surface area contributed by atoms with Gasteiger partial charge in [0.1, 0.15) is 10.5 Å². The number of anilines is 1. The van der Waals surface area contributed by atoms with E-state index in [1.165, 1.54) is 12.3 Å². The molecule has 4 aromatic rings. The summed E-state index contributed by atoms with van der Waals surface area (Å²) >= 11 is 1.13. The number of aromatic amines is 1. The minimum absolute atomic E-state index is 0.0545. The molecule has 166 valence electrons. The molecule has 6 N–H and O–H groups in total. The van der Waals surface area contributed by atoms with E-state index in [1.54, 1.807) is 42.6 Å². The molecule has 0 aliphatic carbocycles. The molecular weight excluding hydrogens is 446 g/mol. The Balaban J connectivity index is 1.54. The number of benzene rings is 2. The maximum atomic E-state index is 12.8. The minimum atomic E-state index is -0.585. The first-order chi connectivity index (χ1) is 15.8. The third-order valence-electron chi connectivity index (χ3n) is 4.78. The predicted octanol–water partition coefficient (Wildman–Crippen LogP) is 2.63. The maximum Gasteiger partial charge on any atom is 0.293 e. The maximum absolute atomic E-state index is 12.8. The number of nitrogens with two attached hydrogens (primary N) is 2. The SMILES string of the molecule is NC(=O)c1ccccc1Sc1cnc(N)c(C(=O)NCc2c[nH]c3c([N+](=O)[O-])cccc23)n1. The summed E-state index contributed by atoms with van der Waals surface area (Å²) in [5.74, 6) is -1.21. The van der Waals surface area contributed by atoms with Crippen molar-refractivity contribution in [3.05, 3.63) is 81.8 Å². The lowest BCUT2D eigenvalue weighted by atomic mass is 10.1. The zero-order chi connectivity index (χ0) is 23.5. The molecule has 0 radical (unpaired) electrons. The van der Waals surface area contributed by atoms with Gasteiger partial charge in [0.05, 0.1) is 16.7 Å². The summed E-state index contributed by atoms with van der Waals surface area (Å²) in [5.41, 5.74) is 12.5. The molecule has 4 rings (SSSR count). The van der Waals surface area contributed by atoms with Crippen LogP contribution in [0.1, 0.15) is 26.4 Å². The van der Waals surface area contributed by atoms with E-state index < -0.39 is 16.7 Å². The molecule has 0 unspecified atom stereocenters. The quantitative estimate of drug-likeness (QED) is 0.238. The van der Waals surface area contributed by atoms with Crippen molar-refractivity contribution in [2.24, 2.45) is 5.73 Å². The van der Waals surface area contributed by atoms with E-state index in [2.05, 4.69) is 20.3 Å². The van der Waals surface area contributed by atoms with Gasteiger partial charge in [-0.3, -0.25) is 19.7 Å². The zero-order valence-corrected chi connectivity index (χ0v) is 17.8. The first-order valence-corrected chi connectivity index (χ1v) is 10.4. The highest BCUT2D eigenvalue weighted by Gasteiger charge is 2.18. The second-order valence-corrected chi connectivity index (χ2v) is 7.92. The van der Waals surface area contributed by atoms with Crippen molar-refractivity contribution >= 4 is 46.0 Å². The van der Waals surface area contributed by atoms with Gasteiger partial charge >= 0.3 is 0 Å². The van der Waals surface area contributed by atoms with Gasteiger partial charge in [-0.1, -0.05) is 36.0 Å². The van der Waals surface area contributed by atoms with Crippen LogP contribution in [-0.2, 0) is 6.54 Å². The third kappa shape index (κ3) is 4.45. The second-order valence-electron chi connectivity index (χ2n) is 6.86. The molecular formula is C21H17N7O4S. The molecule has 0 bridgehead atoms. The van der Waals surface area contributed by atoms with E-state index in [1.807, 2.05) is 0 Å². The lowest BCUT2D eigenvalue weighted by Gasteiger charge is -2.09. The number of fused-ring (bicyclic) bond motifs is 1. The Kier molecular flexibility index (Phi) is 5.91. The summed E-state index contributed by atoms with van der Waals surface area (Å²) in [4.78, 5) is 46.9. The van der Waals surface area contributed by atoms with Crippen molar-refractivity contribution in [1.82, 2.24) is 20.3 Å². The summed E-state index contributed by atoms with van der Waals surface area (Å²) in [6, 6.07) is 11.4. The number of carbonyl (C=O) groups is 2. The molecule has 2 amide bonds. The van der Waals surface area contributed by atoms with Crippen LogP contribution >= 0.6 is 11.8 Å². The topological polar surface area (TPSA) is 183 Å². The number of nitrogens with one attached hydrogen (secondary N) is 2. The number of nitrogen functional groups attached to an aromatic ring is 1. The first kappa shape index (κ1) is 21.8. The van der Waals surface area contributed by atoms with Crippen molar-refractivity contribution in [2.45, 2.75) is 16.5 Å². The number of nitro benzene ring substituents is 1. The van der Waals surface area contributed by atoms with Gasteiger partial charge in [-0.25, -0.2) is 9.97 Å². The van der Waals surface area contributed by atoms with Crippen molar-refractivity contribution in [3.63, 3.8) is 0 Å². The number of aromatic nitrogens is 3. The number of primary amides is 1. The lowest BCUT2D eigenvalue weighted by molar-refractivity contribution is -0.383. The molecule has 0 aliphatic rings. The molecule has 0 saturated heterocycles. The number of nitro groups is 1. The molecule has 0 saturated carbocycles. The molecule has 0 fully saturated rings. The first-order valence-electron chi connectivity index (χ1n) is 9.56. The number of H-pyrrole nitrogens is 1. The molecule has 0 atom stereocenters. The highest BCUT2D eigenvalue weighted by atomic mass is 32.2. The minimum Gasteiger partial charge on any atom is -0.382 e. The van der Waals surface area contributed by atoms with Gasteiger partial charge < -0.3 is 21.8 Å². The molecule has 0 spiro atoms. The Morgan fingerprint density at radius 3 is 2.73 bits per heavy atom. The van der Waals surface area contributed by atoms with Crippen LogP contribution in [0.5, 0.6) is 0 Å². The van der Waals surface area contributed by atoms with Gasteiger partial charge in [0.2, 0.25) is 5.91 Å². The number of rotatable bonds is 7. The lowest BCUT2D eigenvalue weighted by Crippen LogP contribution is -2.25. The van der Waals surface area contributed by atoms with E-state index in [-0.39, 0.29) is 23.7 Å². The number of non-ortho nitro benzene ring substituents is 1. The van der Waals surface area contributed by atoms with Gasteiger partial charge in [0, 0.05) is 29.1 Å². The van der Waals surface area contributed by atoms with Gasteiger partial charge in [-0.15, -0.1) is 0 Å². The van der Waals surface area contributed by atoms with Crippen LogP contribution in [-0.4, -0.2) is 31.7 Å². The Morgan fingerprint density at radius 2 is 1.97 bits per heavy atom. The standard InChI is InChI=1S/C21H17N7O4S/c22-19-18(27-16(10-25-19)33-15-7-2-1-4-13(15)20(23)29)21(30)26-9-11-8-24-17-12(11)5-3-6-14(17)28(31)32/h1-8,10,24H,9H2,(H2,22,25)(H2,23,29)(H,26,30). The Labute approximate surface area is 190 Å². The molecule has 11 nitrogen and oxygen atoms in total. The summed E-state index contributed by atoms with van der Waals surface area (Å²) in [5, 5.41) is 14.9. The number of hydrogen-bond donors (Lipinski definition) is 4. The van der Waals surface area contributed by atoms with Crippen molar-refractivity contribution < 1.29 is 14.5 Å². The summed E-state index contributed by atoms with van der Waals surface area (Å²) in [6.45, 7) is 0.0863. The summed E-state index contributed by atoms with van der Waals surface area (Å²) < 4.78 is 0. The molecule has 2 aromatic heterocycles. The van der Waals surface area contributed by atoms with E-state index in [9.17, 15) is 19.7 Å². The second kappa shape index (κ2) is 8.96. The monoisotopic (exact) mass is 463 g/mol. The normalized spacial score (nSPS) is 10.8. The Bertz CT molecular complexity index is 1400. The Hall–Kier alpha value is -4.45. The number of carbonyl (C=O) groups excluding carboxylic acids is 2. The summed E-state index contributed by atoms with van der Waals surface area (Å²) in [6.07, 6.45) is 2.99. The number of amides is 2. The smallest absolute Gasteiger partial charge is 0.293 e. The molecule has 33 heavy (non-hydrogen) atoms. The average molecular weight is 463 g/mol. The van der Waals surface area contributed by atoms with E-state index in [0.29, 0.717) is 32.0 Å². The van der Waals surface area contributed by atoms with Gasteiger partial charge in [-0.2, -0.15) is 0 Å². The number of para-hydroxylation sites is 1. The van der Waals surface area contributed by atoms with E-state index in [4.69, 9.17) is 11.5 Å². The van der Waals surface area contributed by atoms with Crippen molar-refractivity contribution in [2.75, 3.05) is 5.73 Å². The van der Waals surface area contributed by atoms with Crippen LogP contribution in [0, 0.1) is 10.1 Å². The van der Waals surface area contributed by atoms with Crippen LogP contribution in [0.4, 0.5) is 11.5 Å². The Morgan fingerprint density at radius 1 is 1.18 bits per heavy atom. The largest absolute Gasteiger partial charge is 0.382 e. The highest BCUT2D eigenvalue weighted by molar-refractivity contribution is 7.99. The van der Waals surface area contributed by atoms with Crippen LogP contribution in [0.15, 0.2) is 64.8 Å². The highest BCUT2D eigenvalue weighted by Crippen LogP contribution is 2.30. The number of hydrogen-bond acceptors (Lipinski definition) is 8. The molecule has 0 aliphatic heterocycles. The van der Waals surface area contributed by atoms with Crippen molar-refractivity contribution in [1.29, 1.82) is 0 Å². The molecule has 2 heterocycles. The van der Waals surface area contributed by atoms with Crippen LogP contribution < -0.4 is 16.8 Å². The van der Waals surface area contributed by atoms with Gasteiger partial charge in [0.15, 0.2) is 11.5 Å². The molecule has 2 aromatic carbocycles. The fraction of sp³-hybridized carbons (Fsp3) is 0.0476. The average Bonchev–Trinajstić information content (AvgIpc) is 3.22. The fourth-order valence-electron chi connectivity index (χ4n) is 3.22. The number of nitrogens with zero attached hydrogens (tertiary/aromatic N) is 3. The van der Waals surface area contributed by atoms with Crippen LogP contribution in [0.3, 0.4) is 0 Å². The zero-order valence-electron chi connectivity index (χ0n) is 16.9. The molecule has 12 heteroatoms. The van der Waals surface area contributed by atoms with Crippen LogP contribution in [0.2, 0.25) is 0 Å². The van der Waals surface area contributed by atoms with Crippen LogP contribution in [0.25, 0.3) is 10.9 Å². The van der Waals surface area contributed by atoms with Crippen molar-refractivity contribution in [3.8, 4) is 0 Å².